The molecule has 0 radical (unpaired) electrons. The van der Waals surface area contributed by atoms with Crippen LogP contribution in [-0.4, -0.2) is 56.8 Å². The molecule has 1 amide bonds. The molecule has 2 saturated heterocycles. The highest BCUT2D eigenvalue weighted by molar-refractivity contribution is 5.85. The molecule has 2 aliphatic rings. The fourth-order valence-corrected chi connectivity index (χ4v) is 3.91. The normalized spacial score (nSPS) is 25.9. The standard InChI is InChI=1S/C19H28N2O3.ClH/c1-15-12-21(13-17(24-15)16-6-4-3-5-7-16)18(22)19(14-23-2)8-10-20-11-9-19;/h3-7,15,17,20H,8-14H2,1-2H3;1H. The second-order valence-corrected chi connectivity index (χ2v) is 7.02. The van der Waals surface area contributed by atoms with Gasteiger partial charge in [0.25, 0.3) is 0 Å². The first-order valence-electron chi connectivity index (χ1n) is 8.84. The summed E-state index contributed by atoms with van der Waals surface area (Å²) < 4.78 is 11.5. The van der Waals surface area contributed by atoms with Crippen LogP contribution in [0.1, 0.15) is 31.4 Å². The first-order valence-corrected chi connectivity index (χ1v) is 8.84. The van der Waals surface area contributed by atoms with Gasteiger partial charge >= 0.3 is 0 Å². The number of piperidine rings is 1. The lowest BCUT2D eigenvalue weighted by atomic mass is 9.78. The number of amides is 1. The van der Waals surface area contributed by atoms with E-state index in [4.69, 9.17) is 9.47 Å². The van der Waals surface area contributed by atoms with E-state index in [0.29, 0.717) is 19.7 Å². The highest BCUT2D eigenvalue weighted by atomic mass is 35.5. The van der Waals surface area contributed by atoms with Crippen molar-refractivity contribution in [3.05, 3.63) is 35.9 Å². The molecule has 2 atom stereocenters. The van der Waals surface area contributed by atoms with Gasteiger partial charge in [-0.05, 0) is 38.4 Å². The number of carbonyl (C=O) groups excluding carboxylic acids is 1. The van der Waals surface area contributed by atoms with Crippen molar-refractivity contribution in [3.63, 3.8) is 0 Å². The number of ether oxygens (including phenoxy) is 2. The largest absolute Gasteiger partial charge is 0.384 e. The molecule has 140 valence electrons. The van der Waals surface area contributed by atoms with Gasteiger partial charge in [0.1, 0.15) is 6.10 Å². The quantitative estimate of drug-likeness (QED) is 0.886. The molecule has 2 aliphatic heterocycles. The Morgan fingerprint density at radius 1 is 1.28 bits per heavy atom. The van der Waals surface area contributed by atoms with Crippen LogP contribution in [0, 0.1) is 5.41 Å². The fourth-order valence-electron chi connectivity index (χ4n) is 3.91. The number of morpholine rings is 1. The predicted molar refractivity (Wildman–Crippen MR) is 100.0 cm³/mol. The van der Waals surface area contributed by atoms with E-state index < -0.39 is 5.41 Å². The molecule has 6 heteroatoms. The van der Waals surface area contributed by atoms with Crippen LogP contribution < -0.4 is 5.32 Å². The third-order valence-corrected chi connectivity index (χ3v) is 5.15. The number of hydrogen-bond acceptors (Lipinski definition) is 4. The Balaban J connectivity index is 0.00000225. The Bertz CT molecular complexity index is 543. The molecule has 0 saturated carbocycles. The molecule has 2 unspecified atom stereocenters. The Hall–Kier alpha value is -1.14. The zero-order valence-electron chi connectivity index (χ0n) is 15.1. The van der Waals surface area contributed by atoms with E-state index in [-0.39, 0.29) is 30.5 Å². The van der Waals surface area contributed by atoms with Gasteiger partial charge < -0.3 is 19.7 Å². The van der Waals surface area contributed by atoms with Gasteiger partial charge in [-0.15, -0.1) is 12.4 Å². The van der Waals surface area contributed by atoms with Gasteiger partial charge in [-0.2, -0.15) is 0 Å². The minimum Gasteiger partial charge on any atom is -0.384 e. The first kappa shape index (κ1) is 20.2. The average Bonchev–Trinajstić information content (AvgIpc) is 2.62. The highest BCUT2D eigenvalue weighted by Gasteiger charge is 2.44. The Kier molecular flexibility index (Phi) is 7.25. The third kappa shape index (κ3) is 4.53. The molecule has 2 fully saturated rings. The monoisotopic (exact) mass is 368 g/mol. The van der Waals surface area contributed by atoms with Crippen LogP contribution in [0.5, 0.6) is 0 Å². The van der Waals surface area contributed by atoms with Crippen LogP contribution in [0.3, 0.4) is 0 Å². The van der Waals surface area contributed by atoms with E-state index in [1.54, 1.807) is 7.11 Å². The van der Waals surface area contributed by atoms with E-state index in [1.165, 1.54) is 0 Å². The number of rotatable bonds is 4. The van der Waals surface area contributed by atoms with Crippen molar-refractivity contribution in [1.29, 1.82) is 0 Å². The molecule has 0 aromatic heterocycles. The van der Waals surface area contributed by atoms with Crippen molar-refractivity contribution >= 4 is 18.3 Å². The molecular weight excluding hydrogens is 340 g/mol. The summed E-state index contributed by atoms with van der Waals surface area (Å²) in [5.74, 6) is 0.224. The molecule has 1 aromatic rings. The summed E-state index contributed by atoms with van der Waals surface area (Å²) in [6.45, 7) is 5.55. The predicted octanol–water partition coefficient (Wildman–Crippen LogP) is 2.41. The number of nitrogens with one attached hydrogen (secondary N) is 1. The van der Waals surface area contributed by atoms with Gasteiger partial charge in [-0.1, -0.05) is 30.3 Å². The summed E-state index contributed by atoms with van der Waals surface area (Å²) in [5.41, 5.74) is 0.742. The van der Waals surface area contributed by atoms with Crippen molar-refractivity contribution in [2.24, 2.45) is 5.41 Å². The van der Waals surface area contributed by atoms with Crippen LogP contribution in [0.25, 0.3) is 0 Å². The topological polar surface area (TPSA) is 50.8 Å². The fraction of sp³-hybridized carbons (Fsp3) is 0.632. The lowest BCUT2D eigenvalue weighted by Gasteiger charge is -2.44. The summed E-state index contributed by atoms with van der Waals surface area (Å²) in [6, 6.07) is 10.2. The van der Waals surface area contributed by atoms with Gasteiger partial charge in [0.15, 0.2) is 0 Å². The van der Waals surface area contributed by atoms with Gasteiger partial charge in [-0.25, -0.2) is 0 Å². The highest BCUT2D eigenvalue weighted by Crippen LogP contribution is 2.34. The number of carbonyl (C=O) groups is 1. The van der Waals surface area contributed by atoms with Gasteiger partial charge in [0.2, 0.25) is 5.91 Å². The molecule has 2 heterocycles. The Labute approximate surface area is 156 Å². The third-order valence-electron chi connectivity index (χ3n) is 5.15. The molecule has 3 rings (SSSR count). The van der Waals surface area contributed by atoms with Crippen LogP contribution in [-0.2, 0) is 14.3 Å². The summed E-state index contributed by atoms with van der Waals surface area (Å²) in [7, 11) is 1.69. The van der Waals surface area contributed by atoms with E-state index in [1.807, 2.05) is 30.0 Å². The molecule has 1 N–H and O–H groups in total. The van der Waals surface area contributed by atoms with Crippen LogP contribution >= 0.6 is 12.4 Å². The number of hydrogen-bond donors (Lipinski definition) is 1. The average molecular weight is 369 g/mol. The van der Waals surface area contributed by atoms with Gasteiger partial charge in [0.05, 0.1) is 24.7 Å². The van der Waals surface area contributed by atoms with E-state index >= 15 is 0 Å². The molecular formula is C19H29ClN2O3. The molecule has 25 heavy (non-hydrogen) atoms. The molecule has 5 nitrogen and oxygen atoms in total. The minimum atomic E-state index is -0.391. The second-order valence-electron chi connectivity index (χ2n) is 7.02. The smallest absolute Gasteiger partial charge is 0.231 e. The summed E-state index contributed by atoms with van der Waals surface area (Å²) in [6.07, 6.45) is 1.65. The Morgan fingerprint density at radius 3 is 2.60 bits per heavy atom. The van der Waals surface area contributed by atoms with E-state index in [2.05, 4.69) is 17.4 Å². The maximum atomic E-state index is 13.4. The zero-order chi connectivity index (χ0) is 17.0. The lowest BCUT2D eigenvalue weighted by molar-refractivity contribution is -0.160. The van der Waals surface area contributed by atoms with Gasteiger partial charge in [0, 0.05) is 13.7 Å². The van der Waals surface area contributed by atoms with Crippen molar-refractivity contribution < 1.29 is 14.3 Å². The lowest BCUT2D eigenvalue weighted by Crippen LogP contribution is -2.55. The number of halogens is 1. The number of methoxy groups -OCH3 is 1. The van der Waals surface area contributed by atoms with E-state index in [9.17, 15) is 4.79 Å². The summed E-state index contributed by atoms with van der Waals surface area (Å²) >= 11 is 0. The van der Waals surface area contributed by atoms with Crippen LogP contribution in [0.15, 0.2) is 30.3 Å². The first-order chi connectivity index (χ1) is 11.6. The van der Waals surface area contributed by atoms with E-state index in [0.717, 1.165) is 31.5 Å². The Morgan fingerprint density at radius 2 is 1.96 bits per heavy atom. The van der Waals surface area contributed by atoms with Crippen molar-refractivity contribution in [1.82, 2.24) is 10.2 Å². The second kappa shape index (κ2) is 8.99. The molecule has 1 aromatic carbocycles. The van der Waals surface area contributed by atoms with Crippen molar-refractivity contribution in [3.8, 4) is 0 Å². The van der Waals surface area contributed by atoms with Crippen molar-refractivity contribution in [2.45, 2.75) is 32.0 Å². The SMILES string of the molecule is COCC1(C(=O)N2CC(C)OC(c3ccccc3)C2)CCNCC1.Cl. The maximum absolute atomic E-state index is 13.4. The molecule has 0 bridgehead atoms. The zero-order valence-corrected chi connectivity index (χ0v) is 15.9. The number of nitrogens with zero attached hydrogens (tertiary/aromatic N) is 1. The van der Waals surface area contributed by atoms with Crippen LogP contribution in [0.4, 0.5) is 0 Å². The van der Waals surface area contributed by atoms with Gasteiger partial charge in [-0.3, -0.25) is 4.79 Å². The van der Waals surface area contributed by atoms with Crippen LogP contribution in [0.2, 0.25) is 0 Å². The number of benzene rings is 1. The molecule has 0 aliphatic carbocycles. The van der Waals surface area contributed by atoms with Crippen molar-refractivity contribution in [2.75, 3.05) is 39.9 Å². The minimum absolute atomic E-state index is 0. The molecule has 0 spiro atoms. The maximum Gasteiger partial charge on any atom is 0.231 e. The summed E-state index contributed by atoms with van der Waals surface area (Å²) in [4.78, 5) is 15.3. The summed E-state index contributed by atoms with van der Waals surface area (Å²) in [5, 5.41) is 3.35.